The quantitative estimate of drug-likeness (QED) is 0.791. The summed E-state index contributed by atoms with van der Waals surface area (Å²) in [6.07, 6.45) is 2.44. The number of carboxylic acids is 1. The molecule has 2 unspecified atom stereocenters. The lowest BCUT2D eigenvalue weighted by Crippen LogP contribution is -2.54. The SMILES string of the molecule is CCC1CCN(C(=O)NC(C)C)C(C(=O)O)C1. The predicted octanol–water partition coefficient (Wildman–Crippen LogP) is 1.68. The highest BCUT2D eigenvalue weighted by atomic mass is 16.4. The van der Waals surface area contributed by atoms with E-state index in [0.29, 0.717) is 18.9 Å². The third-order valence-electron chi connectivity index (χ3n) is 3.25. The Labute approximate surface area is 102 Å². The van der Waals surface area contributed by atoms with Crippen molar-refractivity contribution >= 4 is 12.0 Å². The van der Waals surface area contributed by atoms with Gasteiger partial charge in [0.05, 0.1) is 0 Å². The molecule has 1 fully saturated rings. The number of nitrogens with zero attached hydrogens (tertiary/aromatic N) is 1. The van der Waals surface area contributed by atoms with Crippen molar-refractivity contribution in [2.45, 2.75) is 52.1 Å². The molecular formula is C12H22N2O3. The summed E-state index contributed by atoms with van der Waals surface area (Å²) >= 11 is 0. The minimum absolute atomic E-state index is 0.0286. The number of carbonyl (C=O) groups excluding carboxylic acids is 1. The van der Waals surface area contributed by atoms with E-state index >= 15 is 0 Å². The molecular weight excluding hydrogens is 220 g/mol. The van der Waals surface area contributed by atoms with Crippen LogP contribution >= 0.6 is 0 Å². The van der Waals surface area contributed by atoms with Gasteiger partial charge >= 0.3 is 12.0 Å². The average Bonchev–Trinajstić information content (AvgIpc) is 2.27. The second kappa shape index (κ2) is 5.89. The van der Waals surface area contributed by atoms with E-state index in [2.05, 4.69) is 12.2 Å². The molecule has 98 valence electrons. The molecule has 1 saturated heterocycles. The second-order valence-electron chi connectivity index (χ2n) is 4.95. The fraction of sp³-hybridized carbons (Fsp3) is 0.833. The molecule has 0 spiro atoms. The molecule has 0 radical (unpaired) electrons. The van der Waals surface area contributed by atoms with Crippen LogP contribution in [0.3, 0.4) is 0 Å². The van der Waals surface area contributed by atoms with E-state index in [1.165, 1.54) is 4.90 Å². The van der Waals surface area contributed by atoms with Crippen molar-refractivity contribution in [3.63, 3.8) is 0 Å². The standard InChI is InChI=1S/C12H22N2O3/c1-4-9-5-6-14(10(7-9)11(15)16)12(17)13-8(2)3/h8-10H,4-7H2,1-3H3,(H,13,17)(H,15,16). The first-order valence-corrected chi connectivity index (χ1v) is 6.25. The second-order valence-corrected chi connectivity index (χ2v) is 4.95. The summed E-state index contributed by atoms with van der Waals surface area (Å²) in [7, 11) is 0. The van der Waals surface area contributed by atoms with Gasteiger partial charge in [0.2, 0.25) is 0 Å². The molecule has 0 aromatic heterocycles. The van der Waals surface area contributed by atoms with E-state index in [4.69, 9.17) is 0 Å². The van der Waals surface area contributed by atoms with Crippen LogP contribution in [0.2, 0.25) is 0 Å². The lowest BCUT2D eigenvalue weighted by atomic mass is 9.89. The van der Waals surface area contributed by atoms with E-state index in [-0.39, 0.29) is 12.1 Å². The van der Waals surface area contributed by atoms with E-state index in [1.54, 1.807) is 0 Å². The number of hydrogen-bond donors (Lipinski definition) is 2. The fourth-order valence-corrected chi connectivity index (χ4v) is 2.22. The van der Waals surface area contributed by atoms with Gasteiger partial charge in [-0.2, -0.15) is 0 Å². The number of carbonyl (C=O) groups is 2. The number of aliphatic carboxylic acids is 1. The molecule has 0 saturated carbocycles. The van der Waals surface area contributed by atoms with Crippen molar-refractivity contribution < 1.29 is 14.7 Å². The van der Waals surface area contributed by atoms with Gasteiger partial charge in [-0.1, -0.05) is 13.3 Å². The van der Waals surface area contributed by atoms with Crippen molar-refractivity contribution in [3.8, 4) is 0 Å². The number of piperidine rings is 1. The zero-order valence-corrected chi connectivity index (χ0v) is 10.8. The number of nitrogens with one attached hydrogen (secondary N) is 1. The average molecular weight is 242 g/mol. The predicted molar refractivity (Wildman–Crippen MR) is 64.8 cm³/mol. The van der Waals surface area contributed by atoms with Crippen LogP contribution in [0.4, 0.5) is 4.79 Å². The molecule has 1 heterocycles. The topological polar surface area (TPSA) is 69.6 Å². The molecule has 1 rings (SSSR count). The van der Waals surface area contributed by atoms with Gasteiger partial charge in [-0.3, -0.25) is 0 Å². The lowest BCUT2D eigenvalue weighted by Gasteiger charge is -2.37. The normalized spacial score (nSPS) is 24.8. The van der Waals surface area contributed by atoms with Gasteiger partial charge in [0, 0.05) is 12.6 Å². The molecule has 17 heavy (non-hydrogen) atoms. The number of amides is 2. The molecule has 0 bridgehead atoms. The maximum Gasteiger partial charge on any atom is 0.326 e. The van der Waals surface area contributed by atoms with Gasteiger partial charge in [0.1, 0.15) is 6.04 Å². The third-order valence-corrected chi connectivity index (χ3v) is 3.25. The monoisotopic (exact) mass is 242 g/mol. The van der Waals surface area contributed by atoms with Crippen molar-refractivity contribution in [1.29, 1.82) is 0 Å². The van der Waals surface area contributed by atoms with E-state index in [0.717, 1.165) is 12.8 Å². The Morgan fingerprint density at radius 1 is 1.47 bits per heavy atom. The first kappa shape index (κ1) is 13.8. The highest BCUT2D eigenvalue weighted by Crippen LogP contribution is 2.25. The van der Waals surface area contributed by atoms with Gasteiger partial charge in [0.25, 0.3) is 0 Å². The van der Waals surface area contributed by atoms with Crippen molar-refractivity contribution in [2.75, 3.05) is 6.54 Å². The number of likely N-dealkylation sites (tertiary alicyclic amines) is 1. The van der Waals surface area contributed by atoms with Crippen LogP contribution in [-0.4, -0.2) is 40.6 Å². The molecule has 0 aromatic rings. The summed E-state index contributed by atoms with van der Waals surface area (Å²) in [6.45, 7) is 6.33. The van der Waals surface area contributed by atoms with Crippen LogP contribution < -0.4 is 5.32 Å². The molecule has 2 amide bonds. The van der Waals surface area contributed by atoms with Crippen molar-refractivity contribution in [3.05, 3.63) is 0 Å². The Kier molecular flexibility index (Phi) is 4.78. The van der Waals surface area contributed by atoms with Gasteiger partial charge in [-0.05, 0) is 32.6 Å². The number of rotatable bonds is 3. The highest BCUT2D eigenvalue weighted by Gasteiger charge is 2.35. The molecule has 1 aliphatic rings. The lowest BCUT2D eigenvalue weighted by molar-refractivity contribution is -0.144. The number of carboxylic acid groups (broad SMARTS) is 1. The minimum Gasteiger partial charge on any atom is -0.480 e. The minimum atomic E-state index is -0.901. The van der Waals surface area contributed by atoms with E-state index < -0.39 is 12.0 Å². The van der Waals surface area contributed by atoms with Crippen LogP contribution in [0.25, 0.3) is 0 Å². The molecule has 2 atom stereocenters. The van der Waals surface area contributed by atoms with E-state index in [9.17, 15) is 14.7 Å². The van der Waals surface area contributed by atoms with Crippen LogP contribution in [0.1, 0.15) is 40.0 Å². The van der Waals surface area contributed by atoms with Gasteiger partial charge in [-0.15, -0.1) is 0 Å². The van der Waals surface area contributed by atoms with Crippen LogP contribution in [0, 0.1) is 5.92 Å². The molecule has 2 N–H and O–H groups in total. The third kappa shape index (κ3) is 3.61. The van der Waals surface area contributed by atoms with Gasteiger partial charge in [0.15, 0.2) is 0 Å². The maximum atomic E-state index is 11.9. The van der Waals surface area contributed by atoms with E-state index in [1.807, 2.05) is 13.8 Å². The Morgan fingerprint density at radius 3 is 2.59 bits per heavy atom. The molecule has 5 nitrogen and oxygen atoms in total. The van der Waals surface area contributed by atoms with Crippen molar-refractivity contribution in [2.24, 2.45) is 5.92 Å². The summed E-state index contributed by atoms with van der Waals surface area (Å²) in [5.74, 6) is -0.485. The Morgan fingerprint density at radius 2 is 2.12 bits per heavy atom. The molecule has 0 aromatic carbocycles. The summed E-state index contributed by atoms with van der Waals surface area (Å²) in [4.78, 5) is 24.5. The van der Waals surface area contributed by atoms with Gasteiger partial charge < -0.3 is 15.3 Å². The van der Waals surface area contributed by atoms with Crippen molar-refractivity contribution in [1.82, 2.24) is 10.2 Å². The zero-order valence-electron chi connectivity index (χ0n) is 10.8. The Balaban J connectivity index is 2.69. The molecule has 0 aliphatic carbocycles. The maximum absolute atomic E-state index is 11.9. The molecule has 5 heteroatoms. The zero-order chi connectivity index (χ0) is 13.0. The van der Waals surface area contributed by atoms with Crippen LogP contribution in [0.5, 0.6) is 0 Å². The van der Waals surface area contributed by atoms with Crippen LogP contribution in [-0.2, 0) is 4.79 Å². The first-order chi connectivity index (χ1) is 7.95. The number of hydrogen-bond acceptors (Lipinski definition) is 2. The summed E-state index contributed by atoms with van der Waals surface area (Å²) in [5, 5.41) is 11.9. The van der Waals surface area contributed by atoms with Gasteiger partial charge in [-0.25, -0.2) is 9.59 Å². The largest absolute Gasteiger partial charge is 0.480 e. The Hall–Kier alpha value is -1.26. The number of urea groups is 1. The highest BCUT2D eigenvalue weighted by molar-refractivity contribution is 5.83. The summed E-state index contributed by atoms with van der Waals surface area (Å²) in [6, 6.07) is -0.907. The Bertz CT molecular complexity index is 291. The fourth-order valence-electron chi connectivity index (χ4n) is 2.22. The van der Waals surface area contributed by atoms with Crippen LogP contribution in [0.15, 0.2) is 0 Å². The summed E-state index contributed by atoms with van der Waals surface area (Å²) in [5.41, 5.74) is 0. The summed E-state index contributed by atoms with van der Waals surface area (Å²) < 4.78 is 0. The smallest absolute Gasteiger partial charge is 0.326 e. The molecule has 1 aliphatic heterocycles. The first-order valence-electron chi connectivity index (χ1n) is 6.25.